The minimum atomic E-state index is 0.576. The Hall–Kier alpha value is -0.740. The van der Waals surface area contributed by atoms with Crippen LogP contribution in [0.5, 0.6) is 0 Å². The Labute approximate surface area is 105 Å². The molecule has 16 heavy (non-hydrogen) atoms. The van der Waals surface area contributed by atoms with Crippen molar-refractivity contribution in [2.45, 2.75) is 13.0 Å². The lowest BCUT2D eigenvalue weighted by Crippen LogP contribution is -2.50. The predicted molar refractivity (Wildman–Crippen MR) is 72.9 cm³/mol. The van der Waals surface area contributed by atoms with Crippen molar-refractivity contribution in [3.8, 4) is 0 Å². The second-order valence-electron chi connectivity index (χ2n) is 4.48. The van der Waals surface area contributed by atoms with Crippen LogP contribution < -0.4 is 10.6 Å². The molecule has 1 saturated heterocycles. The highest BCUT2D eigenvalue weighted by molar-refractivity contribution is 9.10. The molecule has 1 aliphatic rings. The zero-order valence-electron chi connectivity index (χ0n) is 9.78. The number of nitrogens with two attached hydrogens (primary N) is 1. The van der Waals surface area contributed by atoms with Crippen molar-refractivity contribution in [2.75, 3.05) is 37.3 Å². The number of likely N-dealkylation sites (N-methyl/N-ethyl adjacent to an activating group) is 1. The number of anilines is 2. The van der Waals surface area contributed by atoms with E-state index >= 15 is 0 Å². The number of rotatable bonds is 1. The predicted octanol–water partition coefficient (Wildman–Crippen LogP) is 2.17. The topological polar surface area (TPSA) is 32.5 Å². The van der Waals surface area contributed by atoms with E-state index in [9.17, 15) is 0 Å². The molecule has 0 saturated carbocycles. The van der Waals surface area contributed by atoms with E-state index in [1.54, 1.807) is 0 Å². The molecule has 1 fully saturated rings. The standard InChI is InChI=1S/C12H18BrN3/c1-9-8-16(6-5-15(9)2)12-7-10(13)3-4-11(12)14/h3-4,7,9H,5-6,8,14H2,1-2H3. The van der Waals surface area contributed by atoms with Crippen molar-refractivity contribution in [2.24, 2.45) is 0 Å². The molecule has 0 spiro atoms. The Balaban J connectivity index is 2.21. The van der Waals surface area contributed by atoms with Crippen LogP contribution in [0.4, 0.5) is 11.4 Å². The van der Waals surface area contributed by atoms with Gasteiger partial charge in [-0.1, -0.05) is 15.9 Å². The van der Waals surface area contributed by atoms with Crippen molar-refractivity contribution >= 4 is 27.3 Å². The molecule has 1 aromatic rings. The Morgan fingerprint density at radius 1 is 1.38 bits per heavy atom. The fraction of sp³-hybridized carbons (Fsp3) is 0.500. The normalized spacial score (nSPS) is 22.4. The summed E-state index contributed by atoms with van der Waals surface area (Å²) in [5, 5.41) is 0. The first-order valence-corrected chi connectivity index (χ1v) is 6.37. The quantitative estimate of drug-likeness (QED) is 0.802. The molecule has 88 valence electrons. The summed E-state index contributed by atoms with van der Waals surface area (Å²) in [6.07, 6.45) is 0. The Morgan fingerprint density at radius 3 is 2.81 bits per heavy atom. The number of hydrogen-bond acceptors (Lipinski definition) is 3. The average Bonchev–Trinajstić information content (AvgIpc) is 2.26. The van der Waals surface area contributed by atoms with Crippen LogP contribution in [0.2, 0.25) is 0 Å². The summed E-state index contributed by atoms with van der Waals surface area (Å²) < 4.78 is 1.09. The van der Waals surface area contributed by atoms with Gasteiger partial charge in [-0.2, -0.15) is 0 Å². The first-order chi connectivity index (χ1) is 7.58. The first-order valence-electron chi connectivity index (χ1n) is 5.58. The van der Waals surface area contributed by atoms with Gasteiger partial charge in [0.2, 0.25) is 0 Å². The van der Waals surface area contributed by atoms with Crippen LogP contribution >= 0.6 is 15.9 Å². The number of halogens is 1. The van der Waals surface area contributed by atoms with Gasteiger partial charge in [0, 0.05) is 30.1 Å². The lowest BCUT2D eigenvalue weighted by molar-refractivity contribution is 0.234. The maximum atomic E-state index is 6.02. The Morgan fingerprint density at radius 2 is 2.12 bits per heavy atom. The van der Waals surface area contributed by atoms with Crippen molar-refractivity contribution < 1.29 is 0 Å². The molecule has 4 heteroatoms. The molecule has 0 aliphatic carbocycles. The van der Waals surface area contributed by atoms with Gasteiger partial charge in [-0.15, -0.1) is 0 Å². The van der Waals surface area contributed by atoms with Crippen LogP contribution in [0.15, 0.2) is 22.7 Å². The van der Waals surface area contributed by atoms with Crippen molar-refractivity contribution in [1.29, 1.82) is 0 Å². The van der Waals surface area contributed by atoms with E-state index in [0.717, 1.165) is 35.5 Å². The molecule has 0 amide bonds. The third-order valence-corrected chi connectivity index (χ3v) is 3.79. The smallest absolute Gasteiger partial charge is 0.0612 e. The zero-order valence-corrected chi connectivity index (χ0v) is 11.4. The van der Waals surface area contributed by atoms with Crippen LogP contribution in [0.1, 0.15) is 6.92 Å². The largest absolute Gasteiger partial charge is 0.397 e. The summed E-state index contributed by atoms with van der Waals surface area (Å²) in [5.74, 6) is 0. The fourth-order valence-corrected chi connectivity index (χ4v) is 2.41. The van der Waals surface area contributed by atoms with Gasteiger partial charge in [0.15, 0.2) is 0 Å². The van der Waals surface area contributed by atoms with Gasteiger partial charge in [-0.25, -0.2) is 0 Å². The van der Waals surface area contributed by atoms with E-state index in [4.69, 9.17) is 5.73 Å². The van der Waals surface area contributed by atoms with E-state index < -0.39 is 0 Å². The van der Waals surface area contributed by atoms with Crippen LogP contribution in [0, 0.1) is 0 Å². The monoisotopic (exact) mass is 283 g/mol. The van der Waals surface area contributed by atoms with E-state index in [0.29, 0.717) is 6.04 Å². The van der Waals surface area contributed by atoms with Gasteiger partial charge in [0.25, 0.3) is 0 Å². The maximum absolute atomic E-state index is 6.02. The second kappa shape index (κ2) is 4.63. The van der Waals surface area contributed by atoms with Gasteiger partial charge >= 0.3 is 0 Å². The van der Waals surface area contributed by atoms with Crippen LogP contribution in [-0.2, 0) is 0 Å². The minimum absolute atomic E-state index is 0.576. The van der Waals surface area contributed by atoms with Gasteiger partial charge < -0.3 is 15.5 Å². The molecule has 2 rings (SSSR count). The number of benzene rings is 1. The minimum Gasteiger partial charge on any atom is -0.397 e. The molecule has 1 aliphatic heterocycles. The highest BCUT2D eigenvalue weighted by Crippen LogP contribution is 2.28. The molecule has 1 atom stereocenters. The number of nitrogens with zero attached hydrogens (tertiary/aromatic N) is 2. The first kappa shape index (κ1) is 11.7. The summed E-state index contributed by atoms with van der Waals surface area (Å²) >= 11 is 3.50. The molecule has 0 bridgehead atoms. The van der Waals surface area contributed by atoms with E-state index in [1.165, 1.54) is 0 Å². The van der Waals surface area contributed by atoms with Crippen LogP contribution in [-0.4, -0.2) is 37.6 Å². The molecule has 0 aromatic heterocycles. The van der Waals surface area contributed by atoms with E-state index in [2.05, 4.69) is 45.8 Å². The third-order valence-electron chi connectivity index (χ3n) is 3.29. The van der Waals surface area contributed by atoms with Crippen LogP contribution in [0.25, 0.3) is 0 Å². The molecule has 1 unspecified atom stereocenters. The van der Waals surface area contributed by atoms with Crippen molar-refractivity contribution in [3.05, 3.63) is 22.7 Å². The number of piperazine rings is 1. The van der Waals surface area contributed by atoms with Crippen LogP contribution in [0.3, 0.4) is 0 Å². The Bertz CT molecular complexity index is 381. The Kier molecular flexibility index (Phi) is 3.40. The molecular weight excluding hydrogens is 266 g/mol. The summed E-state index contributed by atoms with van der Waals surface area (Å²) in [7, 11) is 2.17. The third kappa shape index (κ3) is 2.33. The van der Waals surface area contributed by atoms with E-state index in [-0.39, 0.29) is 0 Å². The van der Waals surface area contributed by atoms with Crippen molar-refractivity contribution in [3.63, 3.8) is 0 Å². The van der Waals surface area contributed by atoms with Gasteiger partial charge in [-0.05, 0) is 32.2 Å². The molecule has 3 nitrogen and oxygen atoms in total. The molecule has 2 N–H and O–H groups in total. The highest BCUT2D eigenvalue weighted by Gasteiger charge is 2.21. The summed E-state index contributed by atoms with van der Waals surface area (Å²) in [6.45, 7) is 5.42. The average molecular weight is 284 g/mol. The van der Waals surface area contributed by atoms with Gasteiger partial charge in [0.1, 0.15) is 0 Å². The second-order valence-corrected chi connectivity index (χ2v) is 5.39. The van der Waals surface area contributed by atoms with Crippen molar-refractivity contribution in [1.82, 2.24) is 4.90 Å². The zero-order chi connectivity index (χ0) is 11.7. The lowest BCUT2D eigenvalue weighted by atomic mass is 10.1. The van der Waals surface area contributed by atoms with E-state index in [1.807, 2.05) is 12.1 Å². The molecule has 0 radical (unpaired) electrons. The lowest BCUT2D eigenvalue weighted by Gasteiger charge is -2.39. The molecular formula is C12H18BrN3. The maximum Gasteiger partial charge on any atom is 0.0612 e. The molecule has 1 heterocycles. The SMILES string of the molecule is CC1CN(c2cc(Br)ccc2N)CCN1C. The summed E-state index contributed by atoms with van der Waals surface area (Å²) in [4.78, 5) is 4.75. The van der Waals surface area contributed by atoms with Gasteiger partial charge in [0.05, 0.1) is 11.4 Å². The summed E-state index contributed by atoms with van der Waals surface area (Å²) in [5.41, 5.74) is 8.03. The number of hydrogen-bond donors (Lipinski definition) is 1. The summed E-state index contributed by atoms with van der Waals surface area (Å²) in [6, 6.07) is 6.63. The number of nitrogen functional groups attached to an aromatic ring is 1. The highest BCUT2D eigenvalue weighted by atomic mass is 79.9. The molecule has 1 aromatic carbocycles. The fourth-order valence-electron chi connectivity index (χ4n) is 2.06. The van der Waals surface area contributed by atoms with Gasteiger partial charge in [-0.3, -0.25) is 0 Å².